The van der Waals surface area contributed by atoms with E-state index in [0.29, 0.717) is 18.0 Å². The summed E-state index contributed by atoms with van der Waals surface area (Å²) >= 11 is 0. The van der Waals surface area contributed by atoms with E-state index in [-0.39, 0.29) is 29.0 Å². The van der Waals surface area contributed by atoms with E-state index >= 15 is 0 Å². The van der Waals surface area contributed by atoms with E-state index in [9.17, 15) is 14.3 Å². The third-order valence-electron chi connectivity index (χ3n) is 6.55. The lowest BCUT2D eigenvalue weighted by Gasteiger charge is -2.34. The highest BCUT2D eigenvalue weighted by molar-refractivity contribution is 5.95. The molecule has 2 aromatic carbocycles. The number of aromatic nitrogens is 2. The molecule has 1 aliphatic rings. The Morgan fingerprint density at radius 2 is 1.77 bits per heavy atom. The van der Waals surface area contributed by atoms with Gasteiger partial charge < -0.3 is 29.5 Å². The molecule has 0 saturated carbocycles. The first-order chi connectivity index (χ1) is 19.4. The molecule has 1 amide bonds. The van der Waals surface area contributed by atoms with E-state index in [2.05, 4.69) is 32.0 Å². The molecule has 3 aromatic rings. The average molecular weight is 555 g/mol. The smallest absolute Gasteiger partial charge is 0.417 e. The van der Waals surface area contributed by atoms with Gasteiger partial charge in [-0.05, 0) is 37.2 Å². The topological polar surface area (TPSA) is 113 Å². The molecule has 11 nitrogen and oxygen atoms in total. The van der Waals surface area contributed by atoms with Gasteiger partial charge in [0.2, 0.25) is 5.95 Å². The van der Waals surface area contributed by atoms with Gasteiger partial charge in [0.1, 0.15) is 23.9 Å². The standard InChI is InChI=1S/C28H35FN6O5/c1-4-11-33-12-14-34(15-13-33)16-17-40-24-8-5-20(18-22(24)29)31-27-30-10-9-26(32-27)35(28(36)37)23-7-6-21(38-2)19-25(23)39-3/h5-10,18-19H,4,11-17H2,1-3H3,(H,36,37)(H,30,31,32). The van der Waals surface area contributed by atoms with Crippen LogP contribution in [0, 0.1) is 5.82 Å². The number of anilines is 4. The average Bonchev–Trinajstić information content (AvgIpc) is 2.95. The summed E-state index contributed by atoms with van der Waals surface area (Å²) in [5, 5.41) is 12.9. The van der Waals surface area contributed by atoms with Gasteiger partial charge in [-0.15, -0.1) is 0 Å². The Kier molecular flexibility index (Phi) is 9.92. The van der Waals surface area contributed by atoms with Gasteiger partial charge in [-0.3, -0.25) is 4.90 Å². The molecule has 0 unspecified atom stereocenters. The number of nitrogens with zero attached hydrogens (tertiary/aromatic N) is 5. The van der Waals surface area contributed by atoms with Crippen LogP contribution >= 0.6 is 0 Å². The molecule has 1 fully saturated rings. The van der Waals surface area contributed by atoms with Crippen molar-refractivity contribution in [3.63, 3.8) is 0 Å². The second-order valence-electron chi connectivity index (χ2n) is 9.20. The van der Waals surface area contributed by atoms with Gasteiger partial charge in [0.05, 0.1) is 19.9 Å². The zero-order valence-corrected chi connectivity index (χ0v) is 23.0. The van der Waals surface area contributed by atoms with E-state index in [1.54, 1.807) is 30.3 Å². The van der Waals surface area contributed by atoms with E-state index in [0.717, 1.165) is 50.6 Å². The number of methoxy groups -OCH3 is 2. The highest BCUT2D eigenvalue weighted by atomic mass is 19.1. The minimum Gasteiger partial charge on any atom is -0.497 e. The Morgan fingerprint density at radius 1 is 1.02 bits per heavy atom. The summed E-state index contributed by atoms with van der Waals surface area (Å²) in [6.45, 7) is 8.50. The van der Waals surface area contributed by atoms with Crippen molar-refractivity contribution in [3.8, 4) is 17.2 Å². The van der Waals surface area contributed by atoms with Crippen LogP contribution in [0.25, 0.3) is 0 Å². The van der Waals surface area contributed by atoms with Crippen LogP contribution in [0.4, 0.5) is 32.3 Å². The van der Waals surface area contributed by atoms with Crippen molar-refractivity contribution in [2.75, 3.05) is 70.3 Å². The van der Waals surface area contributed by atoms with Crippen LogP contribution in [-0.2, 0) is 0 Å². The van der Waals surface area contributed by atoms with Crippen molar-refractivity contribution < 1.29 is 28.5 Å². The largest absolute Gasteiger partial charge is 0.497 e. The summed E-state index contributed by atoms with van der Waals surface area (Å²) in [6.07, 6.45) is 1.29. The third-order valence-corrected chi connectivity index (χ3v) is 6.55. The molecule has 0 spiro atoms. The summed E-state index contributed by atoms with van der Waals surface area (Å²) < 4.78 is 31.1. The Labute approximate surface area is 233 Å². The van der Waals surface area contributed by atoms with Crippen molar-refractivity contribution in [3.05, 3.63) is 54.5 Å². The second-order valence-corrected chi connectivity index (χ2v) is 9.20. The number of amides is 1. The number of carbonyl (C=O) groups is 1. The lowest BCUT2D eigenvalue weighted by Crippen LogP contribution is -2.47. The number of piperazine rings is 1. The number of nitrogens with one attached hydrogen (secondary N) is 1. The molecule has 2 N–H and O–H groups in total. The van der Waals surface area contributed by atoms with Crippen LogP contribution in [0.3, 0.4) is 0 Å². The maximum atomic E-state index is 14.8. The summed E-state index contributed by atoms with van der Waals surface area (Å²) in [5.74, 6) is 0.593. The summed E-state index contributed by atoms with van der Waals surface area (Å²) in [7, 11) is 2.94. The molecule has 1 saturated heterocycles. The van der Waals surface area contributed by atoms with Crippen molar-refractivity contribution in [1.29, 1.82) is 0 Å². The van der Waals surface area contributed by atoms with Crippen molar-refractivity contribution in [2.45, 2.75) is 13.3 Å². The zero-order chi connectivity index (χ0) is 28.5. The SMILES string of the molecule is CCCN1CCN(CCOc2ccc(Nc3nccc(N(C(=O)O)c4ccc(OC)cc4OC)n3)cc2F)CC1. The highest BCUT2D eigenvalue weighted by Crippen LogP contribution is 2.36. The lowest BCUT2D eigenvalue weighted by molar-refractivity contribution is 0.116. The molecule has 0 radical (unpaired) electrons. The molecular weight excluding hydrogens is 519 g/mol. The molecule has 0 bridgehead atoms. The predicted molar refractivity (Wildman–Crippen MR) is 150 cm³/mol. The lowest BCUT2D eigenvalue weighted by atomic mass is 10.2. The molecule has 40 heavy (non-hydrogen) atoms. The molecule has 1 aromatic heterocycles. The third kappa shape index (κ3) is 7.27. The van der Waals surface area contributed by atoms with E-state index in [1.165, 1.54) is 32.5 Å². The fourth-order valence-electron chi connectivity index (χ4n) is 4.49. The fraction of sp³-hybridized carbons (Fsp3) is 0.393. The molecule has 214 valence electrons. The number of hydrogen-bond donors (Lipinski definition) is 2. The molecular formula is C28H35FN6O5. The van der Waals surface area contributed by atoms with E-state index < -0.39 is 11.9 Å². The predicted octanol–water partition coefficient (Wildman–Crippen LogP) is 4.60. The van der Waals surface area contributed by atoms with Crippen molar-refractivity contribution >= 4 is 29.2 Å². The first-order valence-electron chi connectivity index (χ1n) is 13.1. The minimum atomic E-state index is -1.27. The Morgan fingerprint density at radius 3 is 2.42 bits per heavy atom. The Hall–Kier alpha value is -4.16. The molecule has 0 aliphatic carbocycles. The first kappa shape index (κ1) is 28.8. The number of ether oxygens (including phenoxy) is 3. The van der Waals surface area contributed by atoms with Crippen LogP contribution in [0.1, 0.15) is 13.3 Å². The minimum absolute atomic E-state index is 0.0735. The molecule has 0 atom stereocenters. The maximum absolute atomic E-state index is 14.8. The van der Waals surface area contributed by atoms with Gasteiger partial charge in [0, 0.05) is 62.8 Å². The van der Waals surface area contributed by atoms with Gasteiger partial charge in [0.15, 0.2) is 11.6 Å². The quantitative estimate of drug-likeness (QED) is 0.329. The van der Waals surface area contributed by atoms with Crippen molar-refractivity contribution in [1.82, 2.24) is 19.8 Å². The maximum Gasteiger partial charge on any atom is 0.417 e. The van der Waals surface area contributed by atoms with E-state index in [4.69, 9.17) is 14.2 Å². The van der Waals surface area contributed by atoms with Crippen LogP contribution < -0.4 is 24.4 Å². The Balaban J connectivity index is 1.40. The number of hydrogen-bond acceptors (Lipinski definition) is 9. The van der Waals surface area contributed by atoms with Gasteiger partial charge in [-0.25, -0.2) is 19.1 Å². The first-order valence-corrected chi connectivity index (χ1v) is 13.1. The molecule has 1 aliphatic heterocycles. The normalized spacial score (nSPS) is 14.0. The van der Waals surface area contributed by atoms with Crippen LogP contribution in [-0.4, -0.2) is 91.1 Å². The molecule has 4 rings (SSSR count). The highest BCUT2D eigenvalue weighted by Gasteiger charge is 2.23. The summed E-state index contributed by atoms with van der Waals surface area (Å²) in [4.78, 5) is 26.4. The van der Waals surface area contributed by atoms with Gasteiger partial charge in [-0.2, -0.15) is 4.98 Å². The second kappa shape index (κ2) is 13.8. The van der Waals surface area contributed by atoms with Crippen LogP contribution in [0.5, 0.6) is 17.2 Å². The van der Waals surface area contributed by atoms with Gasteiger partial charge >= 0.3 is 6.09 Å². The van der Waals surface area contributed by atoms with Crippen molar-refractivity contribution in [2.24, 2.45) is 0 Å². The monoisotopic (exact) mass is 554 g/mol. The van der Waals surface area contributed by atoms with Crippen LogP contribution in [0.15, 0.2) is 48.7 Å². The van der Waals surface area contributed by atoms with Gasteiger partial charge in [0.25, 0.3) is 0 Å². The molecule has 12 heteroatoms. The van der Waals surface area contributed by atoms with Crippen LogP contribution in [0.2, 0.25) is 0 Å². The Bertz CT molecular complexity index is 1290. The zero-order valence-electron chi connectivity index (χ0n) is 23.0. The summed E-state index contributed by atoms with van der Waals surface area (Å²) in [5.41, 5.74) is 0.633. The number of rotatable bonds is 12. The molecule has 2 heterocycles. The number of benzene rings is 2. The van der Waals surface area contributed by atoms with E-state index in [1.807, 2.05) is 0 Å². The number of halogens is 1. The number of carboxylic acid groups (broad SMARTS) is 1. The summed E-state index contributed by atoms with van der Waals surface area (Å²) in [6, 6.07) is 10.7. The van der Waals surface area contributed by atoms with Gasteiger partial charge in [-0.1, -0.05) is 6.92 Å². The fourth-order valence-corrected chi connectivity index (χ4v) is 4.49.